The van der Waals surface area contributed by atoms with Crippen LogP contribution in [0.3, 0.4) is 0 Å². The number of benzene rings is 2. The molecule has 1 aromatic heterocycles. The minimum atomic E-state index is -0.0277. The van der Waals surface area contributed by atoms with Gasteiger partial charge in [0.1, 0.15) is 40.2 Å². The van der Waals surface area contributed by atoms with Gasteiger partial charge in [-0.1, -0.05) is 24.3 Å². The Morgan fingerprint density at radius 1 is 1.02 bits per heavy atom. The Balaban J connectivity index is 1.24. The van der Waals surface area contributed by atoms with Gasteiger partial charge in [0, 0.05) is 37.5 Å². The van der Waals surface area contributed by atoms with E-state index in [2.05, 4.69) is 21.9 Å². The first-order valence-electron chi connectivity index (χ1n) is 14.2. The Labute approximate surface area is 241 Å². The Bertz CT molecular complexity index is 1370. The average Bonchev–Trinajstić information content (AvgIpc) is 3.84. The van der Waals surface area contributed by atoms with Crippen LogP contribution in [0.5, 0.6) is 23.0 Å². The van der Waals surface area contributed by atoms with Crippen molar-refractivity contribution in [2.45, 2.75) is 44.2 Å². The average molecular weight is 555 g/mol. The Morgan fingerprint density at radius 3 is 2.46 bits per heavy atom. The summed E-state index contributed by atoms with van der Waals surface area (Å²) in [5.74, 6) is 2.97. The maximum atomic E-state index is 13.0. The fourth-order valence-electron chi connectivity index (χ4n) is 4.97. The van der Waals surface area contributed by atoms with Gasteiger partial charge in [0.2, 0.25) is 5.91 Å². The van der Waals surface area contributed by atoms with Gasteiger partial charge in [0.05, 0.1) is 12.6 Å². The Hall–Kier alpha value is -4.37. The molecule has 5 rings (SSSR count). The number of anilines is 1. The van der Waals surface area contributed by atoms with E-state index in [9.17, 15) is 4.79 Å². The summed E-state index contributed by atoms with van der Waals surface area (Å²) >= 11 is 0. The molecule has 2 aliphatic rings. The minimum Gasteiger partial charge on any atom is -0.457 e. The molecule has 9 heteroatoms. The zero-order valence-corrected chi connectivity index (χ0v) is 23.5. The molecule has 1 saturated carbocycles. The highest BCUT2D eigenvalue weighted by Crippen LogP contribution is 2.30. The summed E-state index contributed by atoms with van der Waals surface area (Å²) in [6.45, 7) is 1.88. The van der Waals surface area contributed by atoms with Crippen LogP contribution < -0.4 is 20.9 Å². The number of piperidine rings is 1. The molecule has 0 radical (unpaired) electrons. The van der Waals surface area contributed by atoms with Gasteiger partial charge in [-0.2, -0.15) is 0 Å². The van der Waals surface area contributed by atoms with Gasteiger partial charge in [0.25, 0.3) is 0 Å². The molecule has 0 bridgehead atoms. The molecule has 4 N–H and O–H groups in total. The van der Waals surface area contributed by atoms with Gasteiger partial charge in [-0.15, -0.1) is 0 Å². The van der Waals surface area contributed by atoms with E-state index in [-0.39, 0.29) is 23.6 Å². The van der Waals surface area contributed by atoms with Gasteiger partial charge >= 0.3 is 0 Å². The van der Waals surface area contributed by atoms with Crippen LogP contribution in [0.1, 0.15) is 37.7 Å². The highest BCUT2D eigenvalue weighted by Gasteiger charge is 2.27. The highest BCUT2D eigenvalue weighted by molar-refractivity contribution is 6.03. The first-order chi connectivity index (χ1) is 20.0. The molecule has 0 spiro atoms. The van der Waals surface area contributed by atoms with Crippen molar-refractivity contribution in [1.29, 1.82) is 0 Å². The lowest BCUT2D eigenvalue weighted by Gasteiger charge is -2.34. The smallest absolute Gasteiger partial charge is 0.246 e. The summed E-state index contributed by atoms with van der Waals surface area (Å²) in [5, 5.41) is 0. The van der Waals surface area contributed by atoms with Gasteiger partial charge in [0.15, 0.2) is 0 Å². The van der Waals surface area contributed by atoms with Crippen molar-refractivity contribution in [3.8, 4) is 23.0 Å². The standard InChI is InChI=1S/C32H38N6O3/c1-37(23-12-13-23)20-7-11-29(39)38-21-6-5-8-24(38)22-36-32(34)30-28(18-19-35-31(30)33)41-27-16-14-26(15-17-27)40-25-9-3-2-4-10-25/h2-4,7,9-11,14-19,23-24H,5-6,8,12-13,20-22H2,1H3,(H2,33,35)(H2,34,36)/b11-7+/t24-/m0/s1. The Kier molecular flexibility index (Phi) is 9.15. The largest absolute Gasteiger partial charge is 0.457 e. The minimum absolute atomic E-state index is 0.0253. The van der Waals surface area contributed by atoms with Crippen LogP contribution in [0.25, 0.3) is 0 Å². The Morgan fingerprint density at radius 2 is 1.73 bits per heavy atom. The van der Waals surface area contributed by atoms with Crippen LogP contribution in [0.4, 0.5) is 5.82 Å². The van der Waals surface area contributed by atoms with Gasteiger partial charge in [-0.05, 0) is 75.5 Å². The molecule has 214 valence electrons. The molecule has 2 aromatic carbocycles. The van der Waals surface area contributed by atoms with E-state index in [0.717, 1.165) is 38.1 Å². The summed E-state index contributed by atoms with van der Waals surface area (Å²) in [4.78, 5) is 26.1. The maximum Gasteiger partial charge on any atom is 0.246 e. The second-order valence-corrected chi connectivity index (χ2v) is 10.5. The second-order valence-electron chi connectivity index (χ2n) is 10.5. The van der Waals surface area contributed by atoms with Crippen molar-refractivity contribution >= 4 is 17.6 Å². The number of aliphatic imine (C=N–C) groups is 1. The van der Waals surface area contributed by atoms with Gasteiger partial charge < -0.3 is 25.8 Å². The predicted molar refractivity (Wildman–Crippen MR) is 161 cm³/mol. The molecule has 2 fully saturated rings. The van der Waals surface area contributed by atoms with Crippen LogP contribution in [-0.4, -0.2) is 65.3 Å². The lowest BCUT2D eigenvalue weighted by Crippen LogP contribution is -2.45. The number of pyridine rings is 1. The first kappa shape index (κ1) is 28.2. The number of hydrogen-bond acceptors (Lipinski definition) is 7. The van der Waals surface area contributed by atoms with E-state index < -0.39 is 0 Å². The van der Waals surface area contributed by atoms with Crippen LogP contribution >= 0.6 is 0 Å². The summed E-state index contributed by atoms with van der Waals surface area (Å²) in [7, 11) is 2.10. The van der Waals surface area contributed by atoms with E-state index in [4.69, 9.17) is 20.9 Å². The number of rotatable bonds is 11. The quantitative estimate of drug-likeness (QED) is 0.195. The number of nitrogens with zero attached hydrogens (tertiary/aromatic N) is 4. The molecule has 41 heavy (non-hydrogen) atoms. The van der Waals surface area contributed by atoms with Crippen LogP contribution in [0, 0.1) is 0 Å². The SMILES string of the molecule is CN(C/C=C/C(=O)N1CCCC[C@H]1CN=C(N)c1c(Oc2ccc(Oc3ccccc3)cc2)ccnc1N)C1CC1. The van der Waals surface area contributed by atoms with E-state index in [1.807, 2.05) is 65.6 Å². The normalized spacial score (nSPS) is 17.7. The van der Waals surface area contributed by atoms with Crippen molar-refractivity contribution in [3.05, 3.63) is 84.6 Å². The maximum absolute atomic E-state index is 13.0. The highest BCUT2D eigenvalue weighted by atomic mass is 16.5. The number of para-hydroxylation sites is 1. The summed E-state index contributed by atoms with van der Waals surface area (Å²) < 4.78 is 12.0. The van der Waals surface area contributed by atoms with E-state index in [1.54, 1.807) is 18.3 Å². The molecule has 1 aliphatic carbocycles. The van der Waals surface area contributed by atoms with Crippen molar-refractivity contribution < 1.29 is 14.3 Å². The van der Waals surface area contributed by atoms with Crippen molar-refractivity contribution in [3.63, 3.8) is 0 Å². The van der Waals surface area contributed by atoms with Gasteiger partial charge in [-0.25, -0.2) is 4.98 Å². The number of likely N-dealkylation sites (N-methyl/N-ethyl adjacent to an activating group) is 1. The summed E-state index contributed by atoms with van der Waals surface area (Å²) in [6, 6.07) is 19.2. The molecule has 1 amide bonds. The zero-order chi connectivity index (χ0) is 28.6. The molecule has 0 unspecified atom stereocenters. The monoisotopic (exact) mass is 554 g/mol. The van der Waals surface area contributed by atoms with Crippen LogP contribution in [-0.2, 0) is 4.79 Å². The fourth-order valence-corrected chi connectivity index (χ4v) is 4.97. The number of hydrogen-bond donors (Lipinski definition) is 2. The van der Waals surface area contributed by atoms with Crippen LogP contribution in [0.15, 0.2) is 84.0 Å². The predicted octanol–water partition coefficient (Wildman–Crippen LogP) is 4.99. The lowest BCUT2D eigenvalue weighted by atomic mass is 10.0. The van der Waals surface area contributed by atoms with Crippen molar-refractivity contribution in [1.82, 2.24) is 14.8 Å². The fraction of sp³-hybridized carbons (Fsp3) is 0.344. The van der Waals surface area contributed by atoms with Crippen molar-refractivity contribution in [2.24, 2.45) is 10.7 Å². The molecule has 1 aliphatic heterocycles. The third-order valence-electron chi connectivity index (χ3n) is 7.44. The number of likely N-dealkylation sites (tertiary alicyclic amines) is 1. The zero-order valence-electron chi connectivity index (χ0n) is 23.5. The number of carbonyl (C=O) groups excluding carboxylic acids is 1. The van der Waals surface area contributed by atoms with E-state index in [0.29, 0.717) is 35.4 Å². The number of aromatic nitrogens is 1. The molecular formula is C32H38N6O3. The molecule has 3 aromatic rings. The molecule has 1 atom stereocenters. The number of carbonyl (C=O) groups is 1. The van der Waals surface area contributed by atoms with E-state index in [1.165, 1.54) is 12.8 Å². The number of amidine groups is 1. The first-order valence-corrected chi connectivity index (χ1v) is 14.2. The summed E-state index contributed by atoms with van der Waals surface area (Å²) in [5.41, 5.74) is 13.1. The topological polar surface area (TPSA) is 119 Å². The molecule has 2 heterocycles. The number of nitrogens with two attached hydrogens (primary N) is 2. The molecule has 9 nitrogen and oxygen atoms in total. The number of amides is 1. The number of nitrogen functional groups attached to an aromatic ring is 1. The van der Waals surface area contributed by atoms with Crippen molar-refractivity contribution in [2.75, 3.05) is 32.4 Å². The van der Waals surface area contributed by atoms with Crippen LogP contribution in [0.2, 0.25) is 0 Å². The third kappa shape index (κ3) is 7.64. The summed E-state index contributed by atoms with van der Waals surface area (Å²) in [6.07, 6.45) is 10.6. The molecular weight excluding hydrogens is 516 g/mol. The van der Waals surface area contributed by atoms with Gasteiger partial charge in [-0.3, -0.25) is 14.7 Å². The van der Waals surface area contributed by atoms with E-state index >= 15 is 0 Å². The lowest BCUT2D eigenvalue weighted by molar-refractivity contribution is -0.129. The number of ether oxygens (including phenoxy) is 2. The molecule has 1 saturated heterocycles. The third-order valence-corrected chi connectivity index (χ3v) is 7.44. The second kappa shape index (κ2) is 13.3.